The third kappa shape index (κ3) is 4.07. The Morgan fingerprint density at radius 2 is 1.83 bits per heavy atom. The van der Waals surface area contributed by atoms with Crippen LogP contribution in [0, 0.1) is 0 Å². The van der Waals surface area contributed by atoms with Gasteiger partial charge in [-0.3, -0.25) is 0 Å². The predicted molar refractivity (Wildman–Crippen MR) is 51.1 cm³/mol. The molecule has 2 heteroatoms. The third-order valence-electron chi connectivity index (χ3n) is 2.40. The smallest absolute Gasteiger partial charge is 0.0618 e. The van der Waals surface area contributed by atoms with Crippen LogP contribution in [0.25, 0.3) is 0 Å². The second-order valence-electron chi connectivity index (χ2n) is 3.92. The van der Waals surface area contributed by atoms with E-state index in [9.17, 15) is 0 Å². The molecule has 0 unspecified atom stereocenters. The van der Waals surface area contributed by atoms with E-state index in [-0.39, 0.29) is 6.04 Å². The fourth-order valence-corrected chi connectivity index (χ4v) is 1.70. The molecular weight excluding hydrogens is 150 g/mol. The zero-order valence-corrected chi connectivity index (χ0v) is 8.09. The second kappa shape index (κ2) is 5.55. The van der Waals surface area contributed by atoms with Crippen LogP contribution in [0.4, 0.5) is 0 Å². The zero-order valence-electron chi connectivity index (χ0n) is 8.09. The maximum Gasteiger partial charge on any atom is 0.0618 e. The molecular formula is C10H21NO. The van der Waals surface area contributed by atoms with Gasteiger partial charge in [0.05, 0.1) is 12.7 Å². The summed E-state index contributed by atoms with van der Waals surface area (Å²) in [6.07, 6.45) is 8.43. The van der Waals surface area contributed by atoms with Crippen molar-refractivity contribution >= 4 is 0 Å². The summed E-state index contributed by atoms with van der Waals surface area (Å²) < 4.78 is 5.70. The lowest BCUT2D eigenvalue weighted by atomic mass is 10.1. The molecule has 0 aromatic rings. The van der Waals surface area contributed by atoms with Crippen LogP contribution in [0.3, 0.4) is 0 Å². The topological polar surface area (TPSA) is 35.2 Å². The highest BCUT2D eigenvalue weighted by atomic mass is 16.5. The molecule has 1 atom stereocenters. The van der Waals surface area contributed by atoms with Gasteiger partial charge in [-0.15, -0.1) is 0 Å². The number of ether oxygens (including phenoxy) is 1. The summed E-state index contributed by atoms with van der Waals surface area (Å²) in [6, 6.07) is 0.188. The first kappa shape index (κ1) is 10.0. The molecule has 72 valence electrons. The molecule has 0 aromatic carbocycles. The first-order valence-electron chi connectivity index (χ1n) is 5.16. The van der Waals surface area contributed by atoms with Crippen molar-refractivity contribution in [3.63, 3.8) is 0 Å². The van der Waals surface area contributed by atoms with Crippen molar-refractivity contribution in [1.29, 1.82) is 0 Å². The Bertz CT molecular complexity index is 106. The van der Waals surface area contributed by atoms with Gasteiger partial charge in [0.1, 0.15) is 0 Å². The van der Waals surface area contributed by atoms with E-state index in [2.05, 4.69) is 0 Å². The molecule has 0 amide bonds. The molecule has 2 N–H and O–H groups in total. The van der Waals surface area contributed by atoms with Crippen LogP contribution < -0.4 is 5.73 Å². The van der Waals surface area contributed by atoms with E-state index in [1.807, 2.05) is 6.92 Å². The first-order valence-corrected chi connectivity index (χ1v) is 5.16. The molecule has 0 radical (unpaired) electrons. The molecule has 2 nitrogen and oxygen atoms in total. The summed E-state index contributed by atoms with van der Waals surface area (Å²) in [4.78, 5) is 0. The first-order chi connectivity index (χ1) is 5.79. The van der Waals surface area contributed by atoms with Crippen molar-refractivity contribution in [2.24, 2.45) is 5.73 Å². The van der Waals surface area contributed by atoms with E-state index < -0.39 is 0 Å². The SMILES string of the molecule is C[C@H](N)COC1CCCCCC1. The van der Waals surface area contributed by atoms with Gasteiger partial charge in [-0.2, -0.15) is 0 Å². The van der Waals surface area contributed by atoms with Crippen molar-refractivity contribution in [3.8, 4) is 0 Å². The van der Waals surface area contributed by atoms with E-state index >= 15 is 0 Å². The third-order valence-corrected chi connectivity index (χ3v) is 2.40. The Balaban J connectivity index is 2.12. The van der Waals surface area contributed by atoms with Crippen molar-refractivity contribution < 1.29 is 4.74 Å². The highest BCUT2D eigenvalue weighted by Gasteiger charge is 2.12. The van der Waals surface area contributed by atoms with Crippen molar-refractivity contribution in [2.75, 3.05) is 6.61 Å². The van der Waals surface area contributed by atoms with Gasteiger partial charge in [-0.05, 0) is 19.8 Å². The molecule has 0 heterocycles. The monoisotopic (exact) mass is 171 g/mol. The molecule has 1 rings (SSSR count). The molecule has 0 bridgehead atoms. The van der Waals surface area contributed by atoms with Crippen LogP contribution in [-0.2, 0) is 4.74 Å². The van der Waals surface area contributed by atoms with Crippen molar-refractivity contribution in [3.05, 3.63) is 0 Å². The molecule has 1 saturated carbocycles. The zero-order chi connectivity index (χ0) is 8.81. The number of rotatable bonds is 3. The van der Waals surface area contributed by atoms with E-state index in [0.717, 1.165) is 6.61 Å². The lowest BCUT2D eigenvalue weighted by Gasteiger charge is -2.16. The van der Waals surface area contributed by atoms with Gasteiger partial charge in [0.15, 0.2) is 0 Å². The molecule has 1 aliphatic rings. The summed E-state index contributed by atoms with van der Waals surface area (Å²) >= 11 is 0. The van der Waals surface area contributed by atoms with E-state index in [4.69, 9.17) is 10.5 Å². The van der Waals surface area contributed by atoms with Gasteiger partial charge < -0.3 is 10.5 Å². The summed E-state index contributed by atoms with van der Waals surface area (Å²) in [5.41, 5.74) is 5.62. The molecule has 0 spiro atoms. The normalized spacial score (nSPS) is 23.5. The molecule has 1 aliphatic carbocycles. The second-order valence-corrected chi connectivity index (χ2v) is 3.92. The summed E-state index contributed by atoms with van der Waals surface area (Å²) in [5, 5.41) is 0. The van der Waals surface area contributed by atoms with Gasteiger partial charge in [0.2, 0.25) is 0 Å². The number of nitrogens with two attached hydrogens (primary N) is 1. The number of hydrogen-bond donors (Lipinski definition) is 1. The molecule has 0 aliphatic heterocycles. The maximum atomic E-state index is 5.70. The van der Waals surface area contributed by atoms with Gasteiger partial charge in [0.25, 0.3) is 0 Å². The average Bonchev–Trinajstić information content (AvgIpc) is 2.28. The van der Waals surface area contributed by atoms with Gasteiger partial charge >= 0.3 is 0 Å². The van der Waals surface area contributed by atoms with E-state index in [0.29, 0.717) is 6.10 Å². The maximum absolute atomic E-state index is 5.70. The predicted octanol–water partition coefficient (Wildman–Crippen LogP) is 2.07. The lowest BCUT2D eigenvalue weighted by Crippen LogP contribution is -2.25. The Hall–Kier alpha value is -0.0800. The van der Waals surface area contributed by atoms with E-state index in [1.54, 1.807) is 0 Å². The van der Waals surface area contributed by atoms with Crippen LogP contribution in [0.1, 0.15) is 45.4 Å². The lowest BCUT2D eigenvalue weighted by molar-refractivity contribution is 0.0370. The standard InChI is InChI=1S/C10H21NO/c1-9(11)8-12-10-6-4-2-3-5-7-10/h9-10H,2-8,11H2,1H3/t9-/m0/s1. The number of hydrogen-bond acceptors (Lipinski definition) is 2. The minimum absolute atomic E-state index is 0.188. The van der Waals surface area contributed by atoms with Crippen LogP contribution in [0.15, 0.2) is 0 Å². The Labute approximate surface area is 75.5 Å². The highest BCUT2D eigenvalue weighted by Crippen LogP contribution is 2.19. The van der Waals surface area contributed by atoms with Crippen molar-refractivity contribution in [2.45, 2.75) is 57.6 Å². The quantitative estimate of drug-likeness (QED) is 0.660. The minimum atomic E-state index is 0.188. The highest BCUT2D eigenvalue weighted by molar-refractivity contribution is 4.64. The van der Waals surface area contributed by atoms with Crippen LogP contribution in [0.5, 0.6) is 0 Å². The van der Waals surface area contributed by atoms with Crippen LogP contribution in [0.2, 0.25) is 0 Å². The van der Waals surface area contributed by atoms with Gasteiger partial charge in [0, 0.05) is 6.04 Å². The molecule has 1 fully saturated rings. The molecule has 0 saturated heterocycles. The summed E-state index contributed by atoms with van der Waals surface area (Å²) in [7, 11) is 0. The largest absolute Gasteiger partial charge is 0.377 e. The van der Waals surface area contributed by atoms with Crippen LogP contribution >= 0.6 is 0 Å². The Kier molecular flexibility index (Phi) is 4.62. The Morgan fingerprint density at radius 1 is 1.25 bits per heavy atom. The summed E-state index contributed by atoms with van der Waals surface area (Å²) in [5.74, 6) is 0. The van der Waals surface area contributed by atoms with E-state index in [1.165, 1.54) is 38.5 Å². The molecule has 0 aromatic heterocycles. The van der Waals surface area contributed by atoms with Gasteiger partial charge in [-0.1, -0.05) is 25.7 Å². The fraction of sp³-hybridized carbons (Fsp3) is 1.00. The summed E-state index contributed by atoms with van der Waals surface area (Å²) in [6.45, 7) is 2.72. The van der Waals surface area contributed by atoms with Crippen LogP contribution in [-0.4, -0.2) is 18.8 Å². The van der Waals surface area contributed by atoms with Crippen molar-refractivity contribution in [1.82, 2.24) is 0 Å². The molecule has 12 heavy (non-hydrogen) atoms. The Morgan fingerprint density at radius 3 is 2.33 bits per heavy atom. The average molecular weight is 171 g/mol. The van der Waals surface area contributed by atoms with Gasteiger partial charge in [-0.25, -0.2) is 0 Å². The minimum Gasteiger partial charge on any atom is -0.377 e. The fourth-order valence-electron chi connectivity index (χ4n) is 1.70.